The molecule has 13 heavy (non-hydrogen) atoms. The summed E-state index contributed by atoms with van der Waals surface area (Å²) < 4.78 is 5.63. The highest BCUT2D eigenvalue weighted by Gasteiger charge is 2.17. The normalized spacial score (nSPS) is 25.5. The van der Waals surface area contributed by atoms with E-state index >= 15 is 0 Å². The molecule has 0 radical (unpaired) electrons. The Labute approximate surface area is 80.3 Å². The van der Waals surface area contributed by atoms with E-state index in [0.717, 1.165) is 19.4 Å². The topological polar surface area (TPSA) is 47.3 Å². The van der Waals surface area contributed by atoms with Crippen LogP contribution < -0.4 is 11.3 Å². The molecule has 3 N–H and O–H groups in total. The lowest BCUT2D eigenvalue weighted by Crippen LogP contribution is -2.38. The van der Waals surface area contributed by atoms with Gasteiger partial charge in [0.1, 0.15) is 0 Å². The van der Waals surface area contributed by atoms with Crippen molar-refractivity contribution >= 4 is 0 Å². The van der Waals surface area contributed by atoms with Crippen molar-refractivity contribution in [1.82, 2.24) is 5.43 Å². The zero-order chi connectivity index (χ0) is 9.52. The molecule has 1 rings (SSSR count). The molecule has 3 heteroatoms. The summed E-state index contributed by atoms with van der Waals surface area (Å²) in [7, 11) is 0. The Balaban J connectivity index is 2.22. The minimum atomic E-state index is 0.320. The van der Waals surface area contributed by atoms with E-state index in [2.05, 4.69) is 12.0 Å². The SMILES string of the molecule is C=CCC(CC1CCCCO1)NN. The largest absolute Gasteiger partial charge is 0.378 e. The van der Waals surface area contributed by atoms with Gasteiger partial charge in [0.2, 0.25) is 0 Å². The molecule has 0 spiro atoms. The maximum atomic E-state index is 5.63. The van der Waals surface area contributed by atoms with Gasteiger partial charge in [-0.1, -0.05) is 6.08 Å². The summed E-state index contributed by atoms with van der Waals surface area (Å²) in [6.07, 6.45) is 7.88. The van der Waals surface area contributed by atoms with Crippen molar-refractivity contribution in [3.05, 3.63) is 12.7 Å². The number of nitrogens with one attached hydrogen (secondary N) is 1. The molecule has 0 saturated carbocycles. The van der Waals surface area contributed by atoms with Crippen LogP contribution in [-0.2, 0) is 4.74 Å². The molecule has 2 unspecified atom stereocenters. The van der Waals surface area contributed by atoms with Crippen molar-refractivity contribution in [2.45, 2.75) is 44.2 Å². The highest BCUT2D eigenvalue weighted by molar-refractivity contribution is 4.79. The molecule has 0 aliphatic carbocycles. The lowest BCUT2D eigenvalue weighted by atomic mass is 10.0. The first-order valence-corrected chi connectivity index (χ1v) is 5.05. The number of hydrogen-bond donors (Lipinski definition) is 2. The van der Waals surface area contributed by atoms with E-state index in [0.29, 0.717) is 12.1 Å². The molecule has 76 valence electrons. The fourth-order valence-corrected chi connectivity index (χ4v) is 1.74. The lowest BCUT2D eigenvalue weighted by Gasteiger charge is -2.26. The highest BCUT2D eigenvalue weighted by Crippen LogP contribution is 2.17. The van der Waals surface area contributed by atoms with Crippen molar-refractivity contribution in [2.24, 2.45) is 5.84 Å². The van der Waals surface area contributed by atoms with Gasteiger partial charge in [-0.3, -0.25) is 11.3 Å². The van der Waals surface area contributed by atoms with Crippen molar-refractivity contribution in [1.29, 1.82) is 0 Å². The van der Waals surface area contributed by atoms with E-state index in [1.54, 1.807) is 0 Å². The third-order valence-electron chi connectivity index (χ3n) is 2.51. The molecule has 0 bridgehead atoms. The maximum Gasteiger partial charge on any atom is 0.0590 e. The van der Waals surface area contributed by atoms with Crippen LogP contribution in [0.15, 0.2) is 12.7 Å². The first-order chi connectivity index (χ1) is 6.36. The van der Waals surface area contributed by atoms with Crippen LogP contribution in [0.1, 0.15) is 32.1 Å². The average Bonchev–Trinajstić information content (AvgIpc) is 2.19. The number of rotatable bonds is 5. The van der Waals surface area contributed by atoms with Crippen molar-refractivity contribution in [2.75, 3.05) is 6.61 Å². The van der Waals surface area contributed by atoms with Crippen LogP contribution in [0.3, 0.4) is 0 Å². The molecule has 1 aliphatic rings. The second kappa shape index (κ2) is 6.13. The first kappa shape index (κ1) is 10.7. The molecule has 1 aliphatic heterocycles. The van der Waals surface area contributed by atoms with Crippen LogP contribution in [0.2, 0.25) is 0 Å². The molecule has 2 atom stereocenters. The average molecular weight is 184 g/mol. The summed E-state index contributed by atoms with van der Waals surface area (Å²) in [5.74, 6) is 5.42. The van der Waals surface area contributed by atoms with Gasteiger partial charge in [-0.25, -0.2) is 0 Å². The van der Waals surface area contributed by atoms with Crippen molar-refractivity contribution < 1.29 is 4.74 Å². The third-order valence-corrected chi connectivity index (χ3v) is 2.51. The van der Waals surface area contributed by atoms with Gasteiger partial charge >= 0.3 is 0 Å². The van der Waals surface area contributed by atoms with Gasteiger partial charge < -0.3 is 4.74 Å². The Bertz CT molecular complexity index is 144. The minimum absolute atomic E-state index is 0.320. The summed E-state index contributed by atoms with van der Waals surface area (Å²) in [5, 5.41) is 0. The fraction of sp³-hybridized carbons (Fsp3) is 0.800. The zero-order valence-electron chi connectivity index (χ0n) is 8.17. The lowest BCUT2D eigenvalue weighted by molar-refractivity contribution is 0.00539. The fourth-order valence-electron chi connectivity index (χ4n) is 1.74. The number of hydrogen-bond acceptors (Lipinski definition) is 3. The van der Waals surface area contributed by atoms with Crippen LogP contribution >= 0.6 is 0 Å². The van der Waals surface area contributed by atoms with Gasteiger partial charge in [0.15, 0.2) is 0 Å². The van der Waals surface area contributed by atoms with Gasteiger partial charge in [0.25, 0.3) is 0 Å². The summed E-state index contributed by atoms with van der Waals surface area (Å²) in [6, 6.07) is 0.320. The summed E-state index contributed by atoms with van der Waals surface area (Å²) in [4.78, 5) is 0. The number of ether oxygens (including phenoxy) is 1. The second-order valence-electron chi connectivity index (χ2n) is 3.61. The van der Waals surface area contributed by atoms with Crippen LogP contribution in [0, 0.1) is 0 Å². The van der Waals surface area contributed by atoms with Gasteiger partial charge in [-0.15, -0.1) is 6.58 Å². The van der Waals surface area contributed by atoms with Gasteiger partial charge in [-0.05, 0) is 32.1 Å². The number of hydrazine groups is 1. The first-order valence-electron chi connectivity index (χ1n) is 5.05. The van der Waals surface area contributed by atoms with Crippen LogP contribution in [0.25, 0.3) is 0 Å². The Morgan fingerprint density at radius 1 is 1.62 bits per heavy atom. The molecule has 1 fully saturated rings. The predicted molar refractivity (Wildman–Crippen MR) is 54.1 cm³/mol. The van der Waals surface area contributed by atoms with E-state index in [1.165, 1.54) is 19.3 Å². The van der Waals surface area contributed by atoms with Crippen LogP contribution in [-0.4, -0.2) is 18.8 Å². The second-order valence-corrected chi connectivity index (χ2v) is 3.61. The third kappa shape index (κ3) is 3.89. The van der Waals surface area contributed by atoms with Crippen LogP contribution in [0.4, 0.5) is 0 Å². The summed E-state index contributed by atoms with van der Waals surface area (Å²) in [5.41, 5.74) is 2.80. The zero-order valence-corrected chi connectivity index (χ0v) is 8.17. The molecule has 0 amide bonds. The van der Waals surface area contributed by atoms with E-state index in [9.17, 15) is 0 Å². The summed E-state index contributed by atoms with van der Waals surface area (Å²) >= 11 is 0. The molecular weight excluding hydrogens is 164 g/mol. The van der Waals surface area contributed by atoms with Gasteiger partial charge in [0, 0.05) is 12.6 Å². The monoisotopic (exact) mass is 184 g/mol. The van der Waals surface area contributed by atoms with E-state index in [1.807, 2.05) is 6.08 Å². The Morgan fingerprint density at radius 2 is 2.46 bits per heavy atom. The Morgan fingerprint density at radius 3 is 3.00 bits per heavy atom. The standard InChI is InChI=1S/C10H20N2O/c1-2-5-9(12-11)8-10-6-3-4-7-13-10/h2,9-10,12H,1,3-8,11H2. The smallest absolute Gasteiger partial charge is 0.0590 e. The molecule has 0 aromatic rings. The molecule has 1 saturated heterocycles. The van der Waals surface area contributed by atoms with Gasteiger partial charge in [-0.2, -0.15) is 0 Å². The maximum absolute atomic E-state index is 5.63. The van der Waals surface area contributed by atoms with Crippen molar-refractivity contribution in [3.8, 4) is 0 Å². The van der Waals surface area contributed by atoms with Crippen molar-refractivity contribution in [3.63, 3.8) is 0 Å². The van der Waals surface area contributed by atoms with E-state index in [4.69, 9.17) is 10.6 Å². The Kier molecular flexibility index (Phi) is 5.05. The molecule has 0 aromatic carbocycles. The highest BCUT2D eigenvalue weighted by atomic mass is 16.5. The molecular formula is C10H20N2O. The van der Waals surface area contributed by atoms with E-state index in [-0.39, 0.29) is 0 Å². The minimum Gasteiger partial charge on any atom is -0.378 e. The quantitative estimate of drug-likeness (QED) is 0.385. The number of nitrogens with two attached hydrogens (primary N) is 1. The summed E-state index contributed by atoms with van der Waals surface area (Å²) in [6.45, 7) is 4.62. The van der Waals surface area contributed by atoms with E-state index < -0.39 is 0 Å². The van der Waals surface area contributed by atoms with Gasteiger partial charge in [0.05, 0.1) is 6.10 Å². The predicted octanol–water partition coefficient (Wildman–Crippen LogP) is 1.35. The molecule has 3 nitrogen and oxygen atoms in total. The Hall–Kier alpha value is -0.380. The van der Waals surface area contributed by atoms with Crippen LogP contribution in [0.5, 0.6) is 0 Å². The molecule has 1 heterocycles. The molecule has 0 aromatic heterocycles.